The molecule has 1 N–H and O–H groups in total. The molecule has 0 saturated heterocycles. The lowest BCUT2D eigenvalue weighted by atomic mass is 9.79. The highest BCUT2D eigenvalue weighted by atomic mass is 32.1. The molecule has 0 radical (unpaired) electrons. The van der Waals surface area contributed by atoms with Crippen LogP contribution in [0, 0.1) is 0 Å². The highest BCUT2D eigenvalue weighted by Gasteiger charge is 2.36. The maximum Gasteiger partial charge on any atom is 0.287 e. The molecule has 1 amide bonds. The minimum absolute atomic E-state index is 0.0227. The topological polar surface area (TPSA) is 72.0 Å². The minimum atomic E-state index is -0.526. The predicted molar refractivity (Wildman–Crippen MR) is 88.2 cm³/mol. The number of Topliss-reactive ketones (excluding diaryl/α,β-unsaturated/α-hetero) is 1. The van der Waals surface area contributed by atoms with E-state index in [2.05, 4.69) is 27.6 Å². The number of carbonyl (C=O) groups is 2. The average molecular weight is 329 g/mol. The van der Waals surface area contributed by atoms with Crippen LogP contribution in [0.25, 0.3) is 0 Å². The molecule has 3 rings (SSSR count). The summed E-state index contributed by atoms with van der Waals surface area (Å²) in [6.07, 6.45) is 4.42. The molecule has 1 aliphatic rings. The third kappa shape index (κ3) is 3.64. The zero-order chi connectivity index (χ0) is 16.1. The molecule has 0 atom stereocenters. The number of rotatable bonds is 6. The van der Waals surface area contributed by atoms with E-state index in [4.69, 9.17) is 0 Å². The highest BCUT2D eigenvalue weighted by molar-refractivity contribution is 7.09. The van der Waals surface area contributed by atoms with Gasteiger partial charge >= 0.3 is 0 Å². The van der Waals surface area contributed by atoms with E-state index in [1.807, 2.05) is 18.2 Å². The molecule has 5 nitrogen and oxygen atoms in total. The summed E-state index contributed by atoms with van der Waals surface area (Å²) >= 11 is 1.29. The summed E-state index contributed by atoms with van der Waals surface area (Å²) < 4.78 is 0. The van der Waals surface area contributed by atoms with E-state index in [1.54, 1.807) is 5.51 Å². The molecule has 1 aliphatic carbocycles. The van der Waals surface area contributed by atoms with E-state index in [0.717, 1.165) is 25.7 Å². The Kier molecular flexibility index (Phi) is 4.81. The SMILES string of the molecule is O=C(Cc1nncs1)C(=O)NCC1(c2ccccc2)CCCC1. The quantitative estimate of drug-likeness (QED) is 0.825. The van der Waals surface area contributed by atoms with Gasteiger partial charge in [0.15, 0.2) is 0 Å². The summed E-state index contributed by atoms with van der Waals surface area (Å²) in [4.78, 5) is 24.1. The molecular formula is C17H19N3O2S. The van der Waals surface area contributed by atoms with Crippen molar-refractivity contribution in [3.8, 4) is 0 Å². The second-order valence-corrected chi connectivity index (χ2v) is 6.89. The number of aromatic nitrogens is 2. The van der Waals surface area contributed by atoms with Crippen LogP contribution in [0.5, 0.6) is 0 Å². The lowest BCUT2D eigenvalue weighted by Gasteiger charge is -2.29. The van der Waals surface area contributed by atoms with E-state index in [9.17, 15) is 9.59 Å². The molecule has 120 valence electrons. The van der Waals surface area contributed by atoms with Crippen molar-refractivity contribution in [3.63, 3.8) is 0 Å². The van der Waals surface area contributed by atoms with Crippen molar-refractivity contribution in [2.24, 2.45) is 0 Å². The smallest absolute Gasteiger partial charge is 0.287 e. The van der Waals surface area contributed by atoms with Crippen LogP contribution < -0.4 is 5.32 Å². The van der Waals surface area contributed by atoms with Crippen LogP contribution in [0.15, 0.2) is 35.8 Å². The fourth-order valence-corrected chi connectivity index (χ4v) is 3.77. The van der Waals surface area contributed by atoms with Crippen LogP contribution in [0.2, 0.25) is 0 Å². The first kappa shape index (κ1) is 15.8. The lowest BCUT2D eigenvalue weighted by Crippen LogP contribution is -2.42. The number of hydrogen-bond donors (Lipinski definition) is 1. The van der Waals surface area contributed by atoms with Gasteiger partial charge in [-0.2, -0.15) is 0 Å². The van der Waals surface area contributed by atoms with Crippen LogP contribution >= 0.6 is 11.3 Å². The number of carbonyl (C=O) groups excluding carboxylic acids is 2. The Morgan fingerprint density at radius 3 is 2.57 bits per heavy atom. The molecule has 23 heavy (non-hydrogen) atoms. The first-order valence-electron chi connectivity index (χ1n) is 7.81. The third-order valence-corrected chi connectivity index (χ3v) is 5.20. The monoisotopic (exact) mass is 329 g/mol. The molecule has 1 heterocycles. The van der Waals surface area contributed by atoms with E-state index < -0.39 is 11.7 Å². The Morgan fingerprint density at radius 1 is 1.17 bits per heavy atom. The van der Waals surface area contributed by atoms with Crippen LogP contribution in [0.1, 0.15) is 36.3 Å². The Labute approximate surface area is 139 Å². The maximum absolute atomic E-state index is 12.1. The highest BCUT2D eigenvalue weighted by Crippen LogP contribution is 2.40. The first-order valence-corrected chi connectivity index (χ1v) is 8.69. The first-order chi connectivity index (χ1) is 11.2. The van der Waals surface area contributed by atoms with E-state index in [0.29, 0.717) is 11.6 Å². The number of ketones is 1. The zero-order valence-corrected chi connectivity index (χ0v) is 13.6. The van der Waals surface area contributed by atoms with Crippen LogP contribution in [0.3, 0.4) is 0 Å². The van der Waals surface area contributed by atoms with Crippen LogP contribution in [-0.4, -0.2) is 28.4 Å². The average Bonchev–Trinajstić information content (AvgIpc) is 3.26. The van der Waals surface area contributed by atoms with Crippen molar-refractivity contribution in [2.45, 2.75) is 37.5 Å². The van der Waals surface area contributed by atoms with Gasteiger partial charge in [-0.25, -0.2) is 0 Å². The van der Waals surface area contributed by atoms with Crippen LogP contribution in [-0.2, 0) is 21.4 Å². The van der Waals surface area contributed by atoms with E-state index >= 15 is 0 Å². The number of nitrogens with zero attached hydrogens (tertiary/aromatic N) is 2. The van der Waals surface area contributed by atoms with Gasteiger partial charge in [-0.3, -0.25) is 9.59 Å². The molecule has 0 unspecified atom stereocenters. The van der Waals surface area contributed by atoms with E-state index in [-0.39, 0.29) is 11.8 Å². The second-order valence-electron chi connectivity index (χ2n) is 5.97. The molecule has 2 aromatic rings. The van der Waals surface area contributed by atoms with Crippen molar-refractivity contribution in [3.05, 3.63) is 46.4 Å². The summed E-state index contributed by atoms with van der Waals surface area (Å²) in [5.41, 5.74) is 2.76. The third-order valence-electron chi connectivity index (χ3n) is 4.50. The number of nitrogens with one attached hydrogen (secondary N) is 1. The van der Waals surface area contributed by atoms with Gasteiger partial charge in [-0.15, -0.1) is 21.5 Å². The fourth-order valence-electron chi connectivity index (χ4n) is 3.25. The van der Waals surface area contributed by atoms with Crippen molar-refractivity contribution in [2.75, 3.05) is 6.54 Å². The van der Waals surface area contributed by atoms with Gasteiger partial charge in [-0.1, -0.05) is 43.2 Å². The molecule has 1 saturated carbocycles. The van der Waals surface area contributed by atoms with E-state index in [1.165, 1.54) is 16.9 Å². The molecule has 1 fully saturated rings. The molecule has 1 aromatic carbocycles. The molecule has 0 bridgehead atoms. The normalized spacial score (nSPS) is 16.2. The number of hydrogen-bond acceptors (Lipinski definition) is 5. The predicted octanol–water partition coefficient (Wildman–Crippen LogP) is 2.28. The van der Waals surface area contributed by atoms with Gasteiger partial charge in [0.1, 0.15) is 10.5 Å². The summed E-state index contributed by atoms with van der Waals surface area (Å²) in [6.45, 7) is 0.512. The molecule has 1 aromatic heterocycles. The molecule has 0 aliphatic heterocycles. The summed E-state index contributed by atoms with van der Waals surface area (Å²) in [7, 11) is 0. The Hall–Kier alpha value is -2.08. The van der Waals surface area contributed by atoms with Crippen molar-refractivity contribution in [1.82, 2.24) is 15.5 Å². The summed E-state index contributed by atoms with van der Waals surface area (Å²) in [5, 5.41) is 10.9. The van der Waals surface area contributed by atoms with Gasteiger partial charge in [0, 0.05) is 12.0 Å². The standard InChI is InChI=1S/C17H19N3O2S/c21-14(10-15-20-19-12-23-15)16(22)18-11-17(8-4-5-9-17)13-6-2-1-3-7-13/h1-3,6-7,12H,4-5,8-11H2,(H,18,22). The maximum atomic E-state index is 12.1. The van der Waals surface area contributed by atoms with Crippen molar-refractivity contribution in [1.29, 1.82) is 0 Å². The Balaban J connectivity index is 1.63. The summed E-state index contributed by atoms with van der Waals surface area (Å²) in [6, 6.07) is 10.3. The van der Waals surface area contributed by atoms with Crippen molar-refractivity contribution < 1.29 is 9.59 Å². The molecule has 0 spiro atoms. The molecule has 6 heteroatoms. The number of benzene rings is 1. The van der Waals surface area contributed by atoms with Gasteiger partial charge in [-0.05, 0) is 18.4 Å². The second kappa shape index (κ2) is 7.00. The largest absolute Gasteiger partial charge is 0.349 e. The van der Waals surface area contributed by atoms with Crippen LogP contribution in [0.4, 0.5) is 0 Å². The van der Waals surface area contributed by atoms with Gasteiger partial charge in [0.05, 0.1) is 6.42 Å². The fraction of sp³-hybridized carbons (Fsp3) is 0.412. The molecular weight excluding hydrogens is 310 g/mol. The Bertz CT molecular complexity index is 664. The van der Waals surface area contributed by atoms with Crippen molar-refractivity contribution >= 4 is 23.0 Å². The zero-order valence-electron chi connectivity index (χ0n) is 12.8. The van der Waals surface area contributed by atoms with Gasteiger partial charge in [0.25, 0.3) is 5.91 Å². The number of amides is 1. The summed E-state index contributed by atoms with van der Waals surface area (Å²) in [5.74, 6) is -0.981. The lowest BCUT2D eigenvalue weighted by molar-refractivity contribution is -0.137. The Morgan fingerprint density at radius 2 is 1.91 bits per heavy atom. The minimum Gasteiger partial charge on any atom is -0.349 e. The van der Waals surface area contributed by atoms with Gasteiger partial charge < -0.3 is 5.32 Å². The van der Waals surface area contributed by atoms with Gasteiger partial charge in [0.2, 0.25) is 5.78 Å².